The van der Waals surface area contributed by atoms with E-state index < -0.39 is 5.63 Å². The van der Waals surface area contributed by atoms with Gasteiger partial charge in [-0.15, -0.1) is 0 Å². The van der Waals surface area contributed by atoms with Gasteiger partial charge >= 0.3 is 5.63 Å². The molecule has 6 nitrogen and oxygen atoms in total. The molecule has 6 heteroatoms. The van der Waals surface area contributed by atoms with Gasteiger partial charge in [-0.2, -0.15) is 0 Å². The van der Waals surface area contributed by atoms with Crippen molar-refractivity contribution in [3.05, 3.63) is 46.0 Å². The van der Waals surface area contributed by atoms with Crippen LogP contribution in [0.15, 0.2) is 33.5 Å². The number of fused-ring (bicyclic) bond motifs is 1. The van der Waals surface area contributed by atoms with E-state index in [0.29, 0.717) is 41.6 Å². The van der Waals surface area contributed by atoms with Gasteiger partial charge in [0.1, 0.15) is 11.5 Å². The van der Waals surface area contributed by atoms with Gasteiger partial charge in [-0.3, -0.25) is 0 Å². The van der Waals surface area contributed by atoms with E-state index in [1.165, 1.54) is 13.2 Å². The van der Waals surface area contributed by atoms with Crippen LogP contribution in [0.3, 0.4) is 0 Å². The summed E-state index contributed by atoms with van der Waals surface area (Å²) in [6.07, 6.45) is 1.18. The molecule has 0 fully saturated rings. The fraction of sp³-hybridized carbons (Fsp3) is 0.312. The molecule has 2 aromatic rings. The second-order valence-electron chi connectivity index (χ2n) is 4.77. The molecule has 0 aliphatic carbocycles. The Morgan fingerprint density at radius 3 is 2.73 bits per heavy atom. The number of aryl methyl sites for hydroxylation is 2. The van der Waals surface area contributed by atoms with Crippen LogP contribution < -0.4 is 24.6 Å². The van der Waals surface area contributed by atoms with Crippen molar-refractivity contribution in [2.24, 2.45) is 0 Å². The lowest BCUT2D eigenvalue weighted by Crippen LogP contribution is -2.03. The van der Waals surface area contributed by atoms with Gasteiger partial charge in [0.15, 0.2) is 11.5 Å². The van der Waals surface area contributed by atoms with Crippen LogP contribution in [-0.4, -0.2) is 21.0 Å². The minimum Gasteiger partial charge on any atom is -0.496 e. The maximum Gasteiger partial charge on any atom is 0.339 e. The molecule has 1 aromatic heterocycles. The molecule has 0 saturated heterocycles. The van der Waals surface area contributed by atoms with E-state index in [9.17, 15) is 4.79 Å². The molecular formula is C16H16O6. The molecule has 22 heavy (non-hydrogen) atoms. The lowest BCUT2D eigenvalue weighted by atomic mass is 10.1. The van der Waals surface area contributed by atoms with E-state index in [-0.39, 0.29) is 6.79 Å². The van der Waals surface area contributed by atoms with E-state index in [4.69, 9.17) is 23.4 Å². The van der Waals surface area contributed by atoms with E-state index >= 15 is 0 Å². The van der Waals surface area contributed by atoms with Crippen LogP contribution in [0.25, 0.3) is 0 Å². The van der Waals surface area contributed by atoms with Crippen molar-refractivity contribution in [3.8, 4) is 23.0 Å². The summed E-state index contributed by atoms with van der Waals surface area (Å²) in [4.78, 5) is 11.4. The molecule has 1 aliphatic heterocycles. The second kappa shape index (κ2) is 6.01. The van der Waals surface area contributed by atoms with E-state index in [1.54, 1.807) is 13.2 Å². The summed E-state index contributed by atoms with van der Waals surface area (Å²) in [6, 6.07) is 6.79. The molecule has 0 bridgehead atoms. The maximum absolute atomic E-state index is 11.4. The van der Waals surface area contributed by atoms with Crippen molar-refractivity contribution < 1.29 is 23.4 Å². The van der Waals surface area contributed by atoms with Crippen molar-refractivity contribution in [3.63, 3.8) is 0 Å². The third-order valence-electron chi connectivity index (χ3n) is 3.45. The van der Waals surface area contributed by atoms with Crippen molar-refractivity contribution in [2.45, 2.75) is 12.8 Å². The van der Waals surface area contributed by atoms with Gasteiger partial charge in [0.2, 0.25) is 12.5 Å². The smallest absolute Gasteiger partial charge is 0.339 e. The average Bonchev–Trinajstić information content (AvgIpc) is 3.00. The van der Waals surface area contributed by atoms with Crippen molar-refractivity contribution in [2.75, 3.05) is 21.0 Å². The molecule has 0 amide bonds. The van der Waals surface area contributed by atoms with Gasteiger partial charge in [0, 0.05) is 12.5 Å². The Kier molecular flexibility index (Phi) is 3.91. The summed E-state index contributed by atoms with van der Waals surface area (Å²) in [5.74, 6) is 2.99. The monoisotopic (exact) mass is 304 g/mol. The molecule has 1 aromatic carbocycles. The van der Waals surface area contributed by atoms with Gasteiger partial charge < -0.3 is 23.4 Å². The fourth-order valence-corrected chi connectivity index (χ4v) is 2.41. The predicted molar refractivity (Wildman–Crippen MR) is 78.1 cm³/mol. The molecule has 116 valence electrons. The zero-order valence-electron chi connectivity index (χ0n) is 12.4. The largest absolute Gasteiger partial charge is 0.496 e. The second-order valence-corrected chi connectivity index (χ2v) is 4.77. The number of hydrogen-bond donors (Lipinski definition) is 0. The van der Waals surface area contributed by atoms with Crippen molar-refractivity contribution >= 4 is 0 Å². The van der Waals surface area contributed by atoms with Gasteiger partial charge in [0.05, 0.1) is 20.3 Å². The minimum atomic E-state index is -0.424. The highest BCUT2D eigenvalue weighted by Crippen LogP contribution is 2.43. The molecule has 1 aliphatic rings. The summed E-state index contributed by atoms with van der Waals surface area (Å²) < 4.78 is 26.4. The van der Waals surface area contributed by atoms with Crippen LogP contribution in [0.2, 0.25) is 0 Å². The van der Waals surface area contributed by atoms with Crippen molar-refractivity contribution in [1.29, 1.82) is 0 Å². The number of ether oxygens (including phenoxy) is 4. The highest BCUT2D eigenvalue weighted by Gasteiger charge is 2.21. The van der Waals surface area contributed by atoms with E-state index in [2.05, 4.69) is 0 Å². The van der Waals surface area contributed by atoms with Crippen LogP contribution in [0.5, 0.6) is 23.0 Å². The lowest BCUT2D eigenvalue weighted by molar-refractivity contribution is 0.171. The van der Waals surface area contributed by atoms with Gasteiger partial charge in [0.25, 0.3) is 0 Å². The fourth-order valence-electron chi connectivity index (χ4n) is 2.41. The molecule has 0 saturated carbocycles. The molecule has 0 N–H and O–H groups in total. The van der Waals surface area contributed by atoms with Crippen LogP contribution in [0.1, 0.15) is 11.3 Å². The van der Waals surface area contributed by atoms with Crippen LogP contribution in [-0.2, 0) is 12.8 Å². The molecule has 0 radical (unpaired) electrons. The summed E-state index contributed by atoms with van der Waals surface area (Å²) in [7, 11) is 3.10. The van der Waals surface area contributed by atoms with Gasteiger partial charge in [-0.1, -0.05) is 6.07 Å². The first kappa shape index (κ1) is 14.3. The zero-order valence-corrected chi connectivity index (χ0v) is 12.4. The maximum atomic E-state index is 11.4. The molecule has 0 spiro atoms. The first-order chi connectivity index (χ1) is 10.7. The Morgan fingerprint density at radius 1 is 1.09 bits per heavy atom. The zero-order chi connectivity index (χ0) is 15.5. The Hall–Kier alpha value is -2.63. The first-order valence-electron chi connectivity index (χ1n) is 6.85. The third-order valence-corrected chi connectivity index (χ3v) is 3.45. The number of benzene rings is 1. The standard InChI is InChI=1S/C16H16O6/c1-18-12-7-11(22-14(17)8-12)5-3-10-4-6-13-16(15(10)19-2)21-9-20-13/h4,6-8H,3,5,9H2,1-2H3. The van der Waals surface area contributed by atoms with E-state index in [1.807, 2.05) is 12.1 Å². The summed E-state index contributed by atoms with van der Waals surface area (Å²) in [5, 5.41) is 0. The summed E-state index contributed by atoms with van der Waals surface area (Å²) >= 11 is 0. The van der Waals surface area contributed by atoms with Crippen molar-refractivity contribution in [1.82, 2.24) is 0 Å². The number of hydrogen-bond acceptors (Lipinski definition) is 6. The molecule has 0 unspecified atom stereocenters. The lowest BCUT2D eigenvalue weighted by Gasteiger charge is -2.11. The van der Waals surface area contributed by atoms with Gasteiger partial charge in [-0.05, 0) is 18.1 Å². The number of rotatable bonds is 5. The molecule has 0 atom stereocenters. The average molecular weight is 304 g/mol. The van der Waals surface area contributed by atoms with E-state index in [0.717, 1.165) is 5.56 Å². The topological polar surface area (TPSA) is 67.1 Å². The molecule has 3 rings (SSSR count). The predicted octanol–water partition coefficient (Wildman–Crippen LogP) is 2.17. The van der Waals surface area contributed by atoms with Crippen LogP contribution >= 0.6 is 0 Å². The van der Waals surface area contributed by atoms with Crippen LogP contribution in [0, 0.1) is 0 Å². The summed E-state index contributed by atoms with van der Waals surface area (Å²) in [6.45, 7) is 0.194. The Bertz CT molecular complexity index is 734. The number of methoxy groups -OCH3 is 2. The minimum absolute atomic E-state index is 0.194. The van der Waals surface area contributed by atoms with Crippen LogP contribution in [0.4, 0.5) is 0 Å². The highest BCUT2D eigenvalue weighted by molar-refractivity contribution is 5.57. The summed E-state index contributed by atoms with van der Waals surface area (Å²) in [5.41, 5.74) is 0.532. The normalized spacial score (nSPS) is 12.3. The Labute approximate surface area is 127 Å². The third kappa shape index (κ3) is 2.72. The van der Waals surface area contributed by atoms with Gasteiger partial charge in [-0.25, -0.2) is 4.79 Å². The SMILES string of the molecule is COc1cc(CCc2ccc3c(c2OC)OCO3)oc(=O)c1. The Morgan fingerprint density at radius 2 is 1.95 bits per heavy atom. The first-order valence-corrected chi connectivity index (χ1v) is 6.85. The quantitative estimate of drug-likeness (QED) is 0.843. The Balaban J connectivity index is 1.82. The highest BCUT2D eigenvalue weighted by atomic mass is 16.7. The molecule has 2 heterocycles. The molecular weight excluding hydrogens is 288 g/mol.